The van der Waals surface area contributed by atoms with Crippen molar-refractivity contribution in [2.75, 3.05) is 13.2 Å². The number of allylic oxidation sites excluding steroid dienone is 1. The highest BCUT2D eigenvalue weighted by molar-refractivity contribution is 5.82. The van der Waals surface area contributed by atoms with Crippen molar-refractivity contribution < 1.29 is 19.1 Å². The molecule has 5 heteroatoms. The van der Waals surface area contributed by atoms with Gasteiger partial charge in [0, 0.05) is 18.7 Å². The third kappa shape index (κ3) is 16.4. The zero-order valence-corrected chi connectivity index (χ0v) is 13.4. The smallest absolute Gasteiger partial charge is 0.332 e. The monoisotopic (exact) mass is 299 g/mol. The molecule has 0 spiro atoms. The Balaban J connectivity index is 3.17. The van der Waals surface area contributed by atoms with Crippen LogP contribution in [0.15, 0.2) is 11.8 Å². The molecule has 0 bridgehead atoms. The largest absolute Gasteiger partial charge is 0.466 e. The summed E-state index contributed by atoms with van der Waals surface area (Å²) in [6.45, 7) is 4.10. The maximum absolute atomic E-state index is 11.1. The number of hydrogen-bond acceptors (Lipinski definition) is 5. The van der Waals surface area contributed by atoms with Gasteiger partial charge in [-0.3, -0.25) is 4.79 Å². The van der Waals surface area contributed by atoms with Crippen molar-refractivity contribution in [3.05, 3.63) is 11.8 Å². The molecule has 0 aliphatic heterocycles. The average molecular weight is 299 g/mol. The number of hydrogen-bond donors (Lipinski definition) is 1. The summed E-state index contributed by atoms with van der Waals surface area (Å²) in [6.07, 6.45) is 10.1. The molecule has 0 rings (SSSR count). The molecule has 0 saturated carbocycles. The van der Waals surface area contributed by atoms with Crippen molar-refractivity contribution in [3.63, 3.8) is 0 Å². The molecule has 0 atom stereocenters. The topological polar surface area (TPSA) is 78.6 Å². The molecule has 0 unspecified atom stereocenters. The normalized spacial score (nSPS) is 11.2. The van der Waals surface area contributed by atoms with E-state index < -0.39 is 0 Å². The third-order valence-corrected chi connectivity index (χ3v) is 2.93. The second kappa shape index (κ2) is 13.5. The van der Waals surface area contributed by atoms with E-state index in [-0.39, 0.29) is 11.9 Å². The summed E-state index contributed by atoms with van der Waals surface area (Å²) < 4.78 is 9.87. The fourth-order valence-corrected chi connectivity index (χ4v) is 1.88. The van der Waals surface area contributed by atoms with Crippen LogP contribution in [0, 0.1) is 0 Å². The van der Waals surface area contributed by atoms with E-state index in [4.69, 9.17) is 15.2 Å². The van der Waals surface area contributed by atoms with E-state index in [1.54, 1.807) is 6.92 Å². The highest BCUT2D eigenvalue weighted by Crippen LogP contribution is 2.08. The highest BCUT2D eigenvalue weighted by Gasteiger charge is 1.98. The molecule has 21 heavy (non-hydrogen) atoms. The van der Waals surface area contributed by atoms with Gasteiger partial charge in [0.2, 0.25) is 0 Å². The molecule has 0 aromatic heterocycles. The minimum Gasteiger partial charge on any atom is -0.466 e. The van der Waals surface area contributed by atoms with E-state index in [0.717, 1.165) is 32.1 Å². The Morgan fingerprint density at radius 3 is 1.67 bits per heavy atom. The molecule has 0 amide bonds. The lowest BCUT2D eigenvalue weighted by Gasteiger charge is -2.04. The molecule has 0 aliphatic rings. The van der Waals surface area contributed by atoms with E-state index >= 15 is 0 Å². The molecule has 0 aromatic rings. The van der Waals surface area contributed by atoms with Gasteiger partial charge in [-0.1, -0.05) is 38.5 Å². The maximum Gasteiger partial charge on any atom is 0.332 e. The SMILES string of the molecule is CC(=O)OCCCCCCCCCCOC(=O)/C=C(\C)N. The zero-order chi connectivity index (χ0) is 15.9. The van der Waals surface area contributed by atoms with Crippen molar-refractivity contribution in [1.82, 2.24) is 0 Å². The molecule has 5 nitrogen and oxygen atoms in total. The molecule has 0 fully saturated rings. The van der Waals surface area contributed by atoms with Crippen molar-refractivity contribution in [2.45, 2.75) is 65.2 Å². The Morgan fingerprint density at radius 2 is 1.24 bits per heavy atom. The first-order valence-corrected chi connectivity index (χ1v) is 7.76. The quantitative estimate of drug-likeness (QED) is 0.340. The van der Waals surface area contributed by atoms with Gasteiger partial charge in [-0.2, -0.15) is 0 Å². The summed E-state index contributed by atoms with van der Waals surface area (Å²) in [4.78, 5) is 21.7. The maximum atomic E-state index is 11.1. The lowest BCUT2D eigenvalue weighted by atomic mass is 10.1. The second-order valence-corrected chi connectivity index (χ2v) is 5.22. The van der Waals surface area contributed by atoms with E-state index in [9.17, 15) is 9.59 Å². The Bertz CT molecular complexity index is 322. The van der Waals surface area contributed by atoms with Crippen LogP contribution in [0.5, 0.6) is 0 Å². The molecular weight excluding hydrogens is 270 g/mol. The minimum atomic E-state index is -0.359. The lowest BCUT2D eigenvalue weighted by Crippen LogP contribution is -2.05. The van der Waals surface area contributed by atoms with Crippen LogP contribution in [-0.2, 0) is 19.1 Å². The van der Waals surface area contributed by atoms with Gasteiger partial charge in [-0.25, -0.2) is 4.79 Å². The predicted octanol–water partition coefficient (Wildman–Crippen LogP) is 3.08. The molecule has 0 heterocycles. The van der Waals surface area contributed by atoms with E-state index in [2.05, 4.69) is 0 Å². The molecular formula is C16H29NO4. The van der Waals surface area contributed by atoms with Gasteiger partial charge in [-0.05, 0) is 19.8 Å². The fourth-order valence-electron chi connectivity index (χ4n) is 1.88. The minimum absolute atomic E-state index is 0.201. The van der Waals surface area contributed by atoms with Crippen LogP contribution in [0.2, 0.25) is 0 Å². The Morgan fingerprint density at radius 1 is 0.810 bits per heavy atom. The summed E-state index contributed by atoms with van der Waals surface area (Å²) >= 11 is 0. The van der Waals surface area contributed by atoms with Crippen LogP contribution < -0.4 is 5.73 Å². The fraction of sp³-hybridized carbons (Fsp3) is 0.750. The van der Waals surface area contributed by atoms with Crippen LogP contribution in [0.1, 0.15) is 65.2 Å². The molecule has 2 N–H and O–H groups in total. The van der Waals surface area contributed by atoms with Gasteiger partial charge >= 0.3 is 11.9 Å². The molecule has 0 aromatic carbocycles. The van der Waals surface area contributed by atoms with E-state index in [1.807, 2.05) is 0 Å². The summed E-state index contributed by atoms with van der Waals surface area (Å²) in [6, 6.07) is 0. The van der Waals surface area contributed by atoms with Gasteiger partial charge in [0.25, 0.3) is 0 Å². The van der Waals surface area contributed by atoms with E-state index in [0.29, 0.717) is 18.9 Å². The standard InChI is InChI=1S/C16H29NO4/c1-14(17)13-16(19)21-12-10-8-6-4-3-5-7-9-11-20-15(2)18/h13H,3-12,17H2,1-2H3/b14-13+. The van der Waals surface area contributed by atoms with Crippen LogP contribution in [0.3, 0.4) is 0 Å². The van der Waals surface area contributed by atoms with Gasteiger partial charge in [-0.15, -0.1) is 0 Å². The number of carbonyl (C=O) groups is 2. The first-order valence-electron chi connectivity index (χ1n) is 7.76. The molecule has 0 aliphatic carbocycles. The first-order chi connectivity index (χ1) is 10.0. The number of unbranched alkanes of at least 4 members (excludes halogenated alkanes) is 7. The van der Waals surface area contributed by atoms with Gasteiger partial charge in [0.15, 0.2) is 0 Å². The van der Waals surface area contributed by atoms with Crippen LogP contribution in [0.4, 0.5) is 0 Å². The second-order valence-electron chi connectivity index (χ2n) is 5.22. The summed E-state index contributed by atoms with van der Waals surface area (Å²) in [5, 5.41) is 0. The number of rotatable bonds is 12. The molecule has 122 valence electrons. The first kappa shape index (κ1) is 19.5. The molecule has 0 saturated heterocycles. The lowest BCUT2D eigenvalue weighted by molar-refractivity contribution is -0.141. The van der Waals surface area contributed by atoms with Gasteiger partial charge in [0.1, 0.15) is 0 Å². The molecule has 0 radical (unpaired) electrons. The predicted molar refractivity (Wildman–Crippen MR) is 82.5 cm³/mol. The zero-order valence-electron chi connectivity index (χ0n) is 13.4. The van der Waals surface area contributed by atoms with Crippen molar-refractivity contribution in [3.8, 4) is 0 Å². The van der Waals surface area contributed by atoms with Crippen LogP contribution in [0.25, 0.3) is 0 Å². The summed E-state index contributed by atoms with van der Waals surface area (Å²) in [5.74, 6) is -0.560. The average Bonchev–Trinajstić information content (AvgIpc) is 2.38. The number of esters is 2. The number of carbonyl (C=O) groups excluding carboxylic acids is 2. The van der Waals surface area contributed by atoms with Crippen LogP contribution >= 0.6 is 0 Å². The van der Waals surface area contributed by atoms with Crippen molar-refractivity contribution in [1.29, 1.82) is 0 Å². The van der Waals surface area contributed by atoms with Gasteiger partial charge in [0.05, 0.1) is 13.2 Å². The van der Waals surface area contributed by atoms with Gasteiger partial charge < -0.3 is 15.2 Å². The third-order valence-electron chi connectivity index (χ3n) is 2.93. The Hall–Kier alpha value is -1.52. The Labute approximate surface area is 127 Å². The van der Waals surface area contributed by atoms with Crippen molar-refractivity contribution >= 4 is 11.9 Å². The van der Waals surface area contributed by atoms with E-state index in [1.165, 1.54) is 32.3 Å². The summed E-state index contributed by atoms with van der Waals surface area (Å²) in [7, 11) is 0. The highest BCUT2D eigenvalue weighted by atomic mass is 16.5. The van der Waals surface area contributed by atoms with Crippen LogP contribution in [-0.4, -0.2) is 25.2 Å². The summed E-state index contributed by atoms with van der Waals surface area (Å²) in [5.41, 5.74) is 5.84. The Kier molecular flexibility index (Phi) is 12.5. The number of ether oxygens (including phenoxy) is 2. The van der Waals surface area contributed by atoms with Crippen molar-refractivity contribution in [2.24, 2.45) is 5.73 Å². The number of nitrogens with two attached hydrogens (primary N) is 1.